The lowest BCUT2D eigenvalue weighted by atomic mass is 9.78. The van der Waals surface area contributed by atoms with Gasteiger partial charge in [-0.3, -0.25) is 4.79 Å². The fourth-order valence-corrected chi connectivity index (χ4v) is 4.51. The highest BCUT2D eigenvalue weighted by Crippen LogP contribution is 2.45. The second-order valence-corrected chi connectivity index (χ2v) is 9.95. The molecule has 184 valence electrons. The third-order valence-corrected chi connectivity index (χ3v) is 6.38. The first-order chi connectivity index (χ1) is 16.6. The molecular formula is C27H31N3O5. The molecule has 0 radical (unpaired) electrons. The van der Waals surface area contributed by atoms with Gasteiger partial charge in [-0.15, -0.1) is 0 Å². The van der Waals surface area contributed by atoms with Gasteiger partial charge in [0.05, 0.1) is 12.3 Å². The van der Waals surface area contributed by atoms with Gasteiger partial charge in [-0.25, -0.2) is 14.8 Å². The molecular weight excluding hydrogens is 446 g/mol. The van der Waals surface area contributed by atoms with E-state index in [1.165, 1.54) is 12.3 Å². The molecule has 3 heterocycles. The number of hydrogen-bond donors (Lipinski definition) is 1. The van der Waals surface area contributed by atoms with E-state index in [0.717, 1.165) is 34.4 Å². The summed E-state index contributed by atoms with van der Waals surface area (Å²) < 4.78 is 13.3. The Balaban J connectivity index is 1.92. The predicted molar refractivity (Wildman–Crippen MR) is 133 cm³/mol. The number of pyridine rings is 1. The summed E-state index contributed by atoms with van der Waals surface area (Å²) in [6.07, 6.45) is 6.43. The van der Waals surface area contributed by atoms with Gasteiger partial charge in [-0.05, 0) is 36.5 Å². The number of carbonyl (C=O) groups is 1. The fraction of sp³-hybridized carbons (Fsp3) is 0.407. The summed E-state index contributed by atoms with van der Waals surface area (Å²) in [5.41, 5.74) is 3.32. The highest BCUT2D eigenvalue weighted by Gasteiger charge is 2.34. The number of benzene rings is 1. The van der Waals surface area contributed by atoms with Gasteiger partial charge < -0.3 is 19.1 Å². The minimum atomic E-state index is -1.22. The van der Waals surface area contributed by atoms with Crippen LogP contribution in [0.4, 0.5) is 0 Å². The molecule has 0 saturated heterocycles. The Morgan fingerprint density at radius 2 is 1.86 bits per heavy atom. The number of nitrogens with zero attached hydrogens (tertiary/aromatic N) is 3. The van der Waals surface area contributed by atoms with Crippen molar-refractivity contribution in [1.29, 1.82) is 0 Å². The minimum Gasteiger partial charge on any atom is -0.493 e. The average molecular weight is 478 g/mol. The maximum Gasteiger partial charge on any atom is 0.341 e. The molecule has 4 rings (SSSR count). The Hall–Kier alpha value is -3.52. The van der Waals surface area contributed by atoms with Crippen LogP contribution in [0.1, 0.15) is 55.0 Å². The maximum atomic E-state index is 12.7. The lowest BCUT2D eigenvalue weighted by Gasteiger charge is -2.39. The van der Waals surface area contributed by atoms with E-state index in [4.69, 9.17) is 9.47 Å². The molecule has 0 saturated carbocycles. The van der Waals surface area contributed by atoms with E-state index >= 15 is 0 Å². The van der Waals surface area contributed by atoms with Gasteiger partial charge in [-0.2, -0.15) is 0 Å². The van der Waals surface area contributed by atoms with Crippen molar-refractivity contribution < 1.29 is 19.4 Å². The van der Waals surface area contributed by atoms with Crippen LogP contribution in [0.2, 0.25) is 0 Å². The molecule has 0 fully saturated rings. The zero-order valence-corrected chi connectivity index (χ0v) is 20.8. The van der Waals surface area contributed by atoms with Crippen LogP contribution in [0, 0.1) is 12.3 Å². The number of aryl methyl sites for hydroxylation is 1. The van der Waals surface area contributed by atoms with E-state index in [2.05, 4.69) is 30.7 Å². The van der Waals surface area contributed by atoms with Gasteiger partial charge in [0.25, 0.3) is 0 Å². The molecule has 0 amide bonds. The Labute approximate surface area is 204 Å². The van der Waals surface area contributed by atoms with E-state index < -0.39 is 11.4 Å². The van der Waals surface area contributed by atoms with Gasteiger partial charge in [0.15, 0.2) is 5.43 Å². The summed E-state index contributed by atoms with van der Waals surface area (Å²) in [6, 6.07) is 5.43. The van der Waals surface area contributed by atoms with E-state index in [1.54, 1.807) is 19.5 Å². The molecule has 0 spiro atoms. The molecule has 35 heavy (non-hydrogen) atoms. The number of hydrogen-bond acceptors (Lipinski definition) is 6. The van der Waals surface area contributed by atoms with Crippen LogP contribution < -0.4 is 10.2 Å². The summed E-state index contributed by atoms with van der Waals surface area (Å²) in [5, 5.41) is 9.57. The van der Waals surface area contributed by atoms with Crippen molar-refractivity contribution in [3.05, 3.63) is 64.0 Å². The van der Waals surface area contributed by atoms with E-state index in [9.17, 15) is 14.7 Å². The Morgan fingerprint density at radius 3 is 2.49 bits per heavy atom. The van der Waals surface area contributed by atoms with Crippen molar-refractivity contribution >= 4 is 5.97 Å². The smallest absolute Gasteiger partial charge is 0.341 e. The number of ether oxygens (including phenoxy) is 2. The number of carboxylic acids is 1. The van der Waals surface area contributed by atoms with E-state index in [0.29, 0.717) is 31.2 Å². The molecule has 1 aliphatic rings. The summed E-state index contributed by atoms with van der Waals surface area (Å²) in [5.74, 6) is 0.166. The summed E-state index contributed by atoms with van der Waals surface area (Å²) in [6.45, 7) is 9.27. The molecule has 8 nitrogen and oxygen atoms in total. The average Bonchev–Trinajstić information content (AvgIpc) is 2.80. The predicted octanol–water partition coefficient (Wildman–Crippen LogP) is 4.54. The van der Waals surface area contributed by atoms with Gasteiger partial charge in [0.1, 0.15) is 17.1 Å². The molecule has 0 bridgehead atoms. The SMILES string of the molecule is COCCCOc1cc2c(cc1-c1cnc(C)nc1)-c1cc(=O)c(C(=O)O)cn1[C@H](C(C)(C)C)C2. The first-order valence-corrected chi connectivity index (χ1v) is 11.7. The van der Waals surface area contributed by atoms with Crippen LogP contribution in [0.5, 0.6) is 5.75 Å². The van der Waals surface area contributed by atoms with Gasteiger partial charge in [0.2, 0.25) is 0 Å². The van der Waals surface area contributed by atoms with Crippen molar-refractivity contribution in [1.82, 2.24) is 14.5 Å². The van der Waals surface area contributed by atoms with Gasteiger partial charge in [0, 0.05) is 67.5 Å². The molecule has 1 aliphatic heterocycles. The van der Waals surface area contributed by atoms with Crippen molar-refractivity contribution in [2.75, 3.05) is 20.3 Å². The molecule has 0 aliphatic carbocycles. The lowest BCUT2D eigenvalue weighted by molar-refractivity contribution is 0.0693. The van der Waals surface area contributed by atoms with Gasteiger partial charge in [-0.1, -0.05) is 20.8 Å². The molecule has 1 N–H and O–H groups in total. The monoisotopic (exact) mass is 477 g/mol. The lowest BCUT2D eigenvalue weighted by Crippen LogP contribution is -2.32. The standard InChI is InChI=1S/C27H31N3O5/c1-16-28-13-18(14-29-16)20-11-19-17(9-24(20)35-8-6-7-34-5)10-25(27(2,3)4)30-15-21(26(32)33)23(31)12-22(19)30/h9,11-15,25H,6-8,10H2,1-5H3,(H,32,33)/t25-/m0/s1. The van der Waals surface area contributed by atoms with Crippen LogP contribution in [0.3, 0.4) is 0 Å². The number of methoxy groups -OCH3 is 1. The topological polar surface area (TPSA) is 104 Å². The van der Waals surface area contributed by atoms with Crippen molar-refractivity contribution in [2.24, 2.45) is 5.41 Å². The molecule has 2 aromatic heterocycles. The number of carboxylic acid groups (broad SMARTS) is 1. The number of aromatic nitrogens is 3. The Morgan fingerprint density at radius 1 is 1.14 bits per heavy atom. The second-order valence-electron chi connectivity index (χ2n) is 9.95. The van der Waals surface area contributed by atoms with Gasteiger partial charge >= 0.3 is 5.97 Å². The molecule has 0 unspecified atom stereocenters. The Bertz CT molecular complexity index is 1310. The number of fused-ring (bicyclic) bond motifs is 3. The number of aromatic carboxylic acids is 1. The minimum absolute atomic E-state index is 0.0430. The van der Waals surface area contributed by atoms with E-state index in [-0.39, 0.29) is 17.0 Å². The molecule has 1 aromatic carbocycles. The van der Waals surface area contributed by atoms with Crippen molar-refractivity contribution in [2.45, 2.75) is 46.6 Å². The fourth-order valence-electron chi connectivity index (χ4n) is 4.51. The zero-order valence-electron chi connectivity index (χ0n) is 20.8. The highest BCUT2D eigenvalue weighted by atomic mass is 16.5. The van der Waals surface area contributed by atoms with Crippen LogP contribution in [0.15, 0.2) is 41.6 Å². The van der Waals surface area contributed by atoms with Crippen LogP contribution in [0.25, 0.3) is 22.4 Å². The van der Waals surface area contributed by atoms with Crippen LogP contribution in [-0.2, 0) is 11.2 Å². The summed E-state index contributed by atoms with van der Waals surface area (Å²) >= 11 is 0. The first-order valence-electron chi connectivity index (χ1n) is 11.7. The van der Waals surface area contributed by atoms with Crippen molar-refractivity contribution in [3.8, 4) is 28.1 Å². The third kappa shape index (κ3) is 4.98. The summed E-state index contributed by atoms with van der Waals surface area (Å²) in [4.78, 5) is 33.1. The Kier molecular flexibility index (Phi) is 6.76. The maximum absolute atomic E-state index is 12.7. The van der Waals surface area contributed by atoms with E-state index in [1.807, 2.05) is 23.6 Å². The summed E-state index contributed by atoms with van der Waals surface area (Å²) in [7, 11) is 1.66. The highest BCUT2D eigenvalue weighted by molar-refractivity contribution is 5.88. The normalized spacial score (nSPS) is 14.8. The van der Waals surface area contributed by atoms with Crippen molar-refractivity contribution in [3.63, 3.8) is 0 Å². The third-order valence-electron chi connectivity index (χ3n) is 6.38. The number of rotatable bonds is 7. The van der Waals surface area contributed by atoms with Crippen LogP contribution in [-0.4, -0.2) is 45.9 Å². The van der Waals surface area contributed by atoms with Crippen LogP contribution >= 0.6 is 0 Å². The largest absolute Gasteiger partial charge is 0.493 e. The second kappa shape index (κ2) is 9.62. The molecule has 3 aromatic rings. The molecule has 8 heteroatoms. The quantitative estimate of drug-likeness (QED) is 0.498. The zero-order chi connectivity index (χ0) is 25.3. The first kappa shape index (κ1) is 24.6. The molecule has 1 atom stereocenters.